The van der Waals surface area contributed by atoms with Gasteiger partial charge in [0.2, 0.25) is 0 Å². The molecule has 1 rings (SSSR count). The zero-order valence-corrected chi connectivity index (χ0v) is 12.4. The Morgan fingerprint density at radius 2 is 1.61 bits per heavy atom. The first-order valence-corrected chi connectivity index (χ1v) is 6.25. The zero-order chi connectivity index (χ0) is 17.8. The molecule has 23 heavy (non-hydrogen) atoms. The second-order valence-corrected chi connectivity index (χ2v) is 4.01. The Hall–Kier alpha value is -3.16. The van der Waals surface area contributed by atoms with Gasteiger partial charge in [-0.2, -0.15) is 0 Å². The van der Waals surface area contributed by atoms with E-state index in [-0.39, 0.29) is 36.4 Å². The predicted octanol–water partition coefficient (Wildman–Crippen LogP) is 1.36. The summed E-state index contributed by atoms with van der Waals surface area (Å²) < 4.78 is 9.58. The van der Waals surface area contributed by atoms with Crippen molar-refractivity contribution in [2.24, 2.45) is 0 Å². The molecular weight excluding hydrogens is 308 g/mol. The Balaban J connectivity index is 0.00000149. The average molecular weight is 324 g/mol. The van der Waals surface area contributed by atoms with Gasteiger partial charge in [0, 0.05) is 5.57 Å². The second-order valence-electron chi connectivity index (χ2n) is 4.01. The van der Waals surface area contributed by atoms with Crippen molar-refractivity contribution in [3.8, 4) is 0 Å². The van der Waals surface area contributed by atoms with E-state index in [4.69, 9.17) is 24.5 Å². The van der Waals surface area contributed by atoms with Crippen molar-refractivity contribution in [2.75, 3.05) is 13.2 Å². The Morgan fingerprint density at radius 3 is 2.09 bits per heavy atom. The summed E-state index contributed by atoms with van der Waals surface area (Å²) in [4.78, 5) is 42.1. The number of hydrogen-bond donors (Lipinski definition) is 2. The standard InChI is InChI=1S/C14H14O6.CH2O2/c1-9(2)13(17)19-7-8-20-14(18)11-6-4-3-5-10(11)12(15)16;2-1-3/h3-6H,1,7-8H2,2H3,(H,15,16);1H,(H,2,3). The number of esters is 2. The maximum absolute atomic E-state index is 11.7. The summed E-state index contributed by atoms with van der Waals surface area (Å²) in [5.41, 5.74) is 0.0511. The van der Waals surface area contributed by atoms with E-state index in [1.54, 1.807) is 0 Å². The molecule has 0 saturated carbocycles. The minimum atomic E-state index is -1.22. The Labute approximate surface area is 131 Å². The van der Waals surface area contributed by atoms with E-state index in [2.05, 4.69) is 6.58 Å². The summed E-state index contributed by atoms with van der Waals surface area (Å²) in [6, 6.07) is 5.70. The van der Waals surface area contributed by atoms with E-state index in [9.17, 15) is 14.4 Å². The van der Waals surface area contributed by atoms with Gasteiger partial charge in [0.05, 0.1) is 11.1 Å². The number of rotatable bonds is 6. The third-order valence-electron chi connectivity index (χ3n) is 2.28. The molecule has 0 amide bonds. The molecule has 0 unspecified atom stereocenters. The zero-order valence-electron chi connectivity index (χ0n) is 12.4. The lowest BCUT2D eigenvalue weighted by atomic mass is 10.1. The fourth-order valence-electron chi connectivity index (χ4n) is 1.32. The highest BCUT2D eigenvalue weighted by atomic mass is 16.6. The van der Waals surface area contributed by atoms with E-state index in [0.29, 0.717) is 0 Å². The lowest BCUT2D eigenvalue weighted by molar-refractivity contribution is -0.140. The molecule has 1 aromatic carbocycles. The van der Waals surface area contributed by atoms with E-state index >= 15 is 0 Å². The lowest BCUT2D eigenvalue weighted by Gasteiger charge is -2.07. The molecule has 0 heterocycles. The molecule has 0 saturated heterocycles. The lowest BCUT2D eigenvalue weighted by Crippen LogP contribution is -2.16. The Bertz CT molecular complexity index is 591. The fourth-order valence-corrected chi connectivity index (χ4v) is 1.32. The molecule has 1 aromatic rings. The average Bonchev–Trinajstić information content (AvgIpc) is 2.51. The maximum atomic E-state index is 11.7. The first-order chi connectivity index (χ1) is 10.8. The van der Waals surface area contributed by atoms with Gasteiger partial charge in [-0.15, -0.1) is 0 Å². The topological polar surface area (TPSA) is 127 Å². The summed E-state index contributed by atoms with van der Waals surface area (Å²) in [6.07, 6.45) is 0. The molecule has 0 aliphatic carbocycles. The van der Waals surface area contributed by atoms with Gasteiger partial charge >= 0.3 is 17.9 Å². The largest absolute Gasteiger partial charge is 0.483 e. The van der Waals surface area contributed by atoms with E-state index in [1.165, 1.54) is 31.2 Å². The number of carboxylic acids is 1. The van der Waals surface area contributed by atoms with Crippen molar-refractivity contribution in [3.63, 3.8) is 0 Å². The summed E-state index contributed by atoms with van der Waals surface area (Å²) in [6.45, 7) is 4.37. The highest BCUT2D eigenvalue weighted by Crippen LogP contribution is 2.10. The number of hydrogen-bond acceptors (Lipinski definition) is 6. The molecule has 0 aromatic heterocycles. The number of carboxylic acid groups (broad SMARTS) is 2. The van der Waals surface area contributed by atoms with Gasteiger partial charge in [0.15, 0.2) is 0 Å². The van der Waals surface area contributed by atoms with Gasteiger partial charge in [0.25, 0.3) is 6.47 Å². The van der Waals surface area contributed by atoms with Gasteiger partial charge in [-0.3, -0.25) is 4.79 Å². The first-order valence-electron chi connectivity index (χ1n) is 6.25. The van der Waals surface area contributed by atoms with Gasteiger partial charge in [-0.05, 0) is 19.1 Å². The van der Waals surface area contributed by atoms with Crippen LogP contribution in [-0.2, 0) is 19.1 Å². The molecule has 2 N–H and O–H groups in total. The molecule has 0 fully saturated rings. The van der Waals surface area contributed by atoms with Crippen LogP contribution in [0.2, 0.25) is 0 Å². The second kappa shape index (κ2) is 10.6. The van der Waals surface area contributed by atoms with Crippen molar-refractivity contribution < 1.29 is 38.9 Å². The van der Waals surface area contributed by atoms with Crippen LogP contribution in [0.3, 0.4) is 0 Å². The first kappa shape index (κ1) is 19.8. The van der Waals surface area contributed by atoms with Gasteiger partial charge < -0.3 is 19.7 Å². The van der Waals surface area contributed by atoms with Gasteiger partial charge in [0.1, 0.15) is 13.2 Å². The molecule has 0 aliphatic rings. The highest BCUT2D eigenvalue weighted by molar-refractivity contribution is 6.02. The van der Waals surface area contributed by atoms with Crippen LogP contribution in [0.4, 0.5) is 0 Å². The number of ether oxygens (including phenoxy) is 2. The quantitative estimate of drug-likeness (QED) is 0.347. The van der Waals surface area contributed by atoms with Crippen LogP contribution in [0.25, 0.3) is 0 Å². The monoisotopic (exact) mass is 324 g/mol. The van der Waals surface area contributed by atoms with Gasteiger partial charge in [-0.25, -0.2) is 14.4 Å². The van der Waals surface area contributed by atoms with Crippen LogP contribution in [0, 0.1) is 0 Å². The Morgan fingerprint density at radius 1 is 1.13 bits per heavy atom. The maximum Gasteiger partial charge on any atom is 0.339 e. The summed E-state index contributed by atoms with van der Waals surface area (Å²) >= 11 is 0. The van der Waals surface area contributed by atoms with Crippen LogP contribution >= 0.6 is 0 Å². The molecule has 0 radical (unpaired) electrons. The number of aromatic carboxylic acids is 1. The summed E-state index contributed by atoms with van der Waals surface area (Å²) in [7, 11) is 0. The molecule has 8 heteroatoms. The van der Waals surface area contributed by atoms with Crippen LogP contribution in [0.5, 0.6) is 0 Å². The molecular formula is C15H16O8. The molecule has 0 aliphatic heterocycles. The summed E-state index contributed by atoms with van der Waals surface area (Å²) in [5.74, 6) is -2.58. The molecule has 124 valence electrons. The Kier molecular flexibility index (Phi) is 9.10. The van der Waals surface area contributed by atoms with Crippen molar-refractivity contribution in [1.29, 1.82) is 0 Å². The van der Waals surface area contributed by atoms with Gasteiger partial charge in [-0.1, -0.05) is 18.7 Å². The van der Waals surface area contributed by atoms with Crippen molar-refractivity contribution >= 4 is 24.4 Å². The van der Waals surface area contributed by atoms with Crippen molar-refractivity contribution in [1.82, 2.24) is 0 Å². The summed E-state index contributed by atoms with van der Waals surface area (Å²) in [5, 5.41) is 15.8. The fraction of sp³-hybridized carbons (Fsp3) is 0.200. The van der Waals surface area contributed by atoms with E-state index in [0.717, 1.165) is 0 Å². The predicted molar refractivity (Wildman–Crippen MR) is 78.1 cm³/mol. The number of benzene rings is 1. The third-order valence-corrected chi connectivity index (χ3v) is 2.28. The van der Waals surface area contributed by atoms with Crippen LogP contribution in [0.15, 0.2) is 36.4 Å². The van der Waals surface area contributed by atoms with E-state index < -0.39 is 17.9 Å². The van der Waals surface area contributed by atoms with Crippen molar-refractivity contribution in [2.45, 2.75) is 6.92 Å². The minimum absolute atomic E-state index is 0.0498. The highest BCUT2D eigenvalue weighted by Gasteiger charge is 2.16. The molecule has 0 atom stereocenters. The smallest absolute Gasteiger partial charge is 0.339 e. The molecule has 8 nitrogen and oxygen atoms in total. The minimum Gasteiger partial charge on any atom is -0.483 e. The normalized spacial score (nSPS) is 8.91. The van der Waals surface area contributed by atoms with Crippen molar-refractivity contribution in [3.05, 3.63) is 47.5 Å². The third kappa shape index (κ3) is 7.42. The van der Waals surface area contributed by atoms with Crippen LogP contribution in [0.1, 0.15) is 27.6 Å². The number of carbonyl (C=O) groups is 4. The molecule has 0 spiro atoms. The van der Waals surface area contributed by atoms with Crippen LogP contribution in [-0.4, -0.2) is 47.8 Å². The SMILES string of the molecule is C=C(C)C(=O)OCCOC(=O)c1ccccc1C(=O)O.O=CO. The number of carbonyl (C=O) groups excluding carboxylic acids is 2. The van der Waals surface area contributed by atoms with Crippen LogP contribution < -0.4 is 0 Å². The molecule has 0 bridgehead atoms. The van der Waals surface area contributed by atoms with E-state index in [1.807, 2.05) is 0 Å².